The Bertz CT molecular complexity index is 1540. The predicted octanol–water partition coefficient (Wildman–Crippen LogP) is 4.27. The molecule has 0 spiro atoms. The number of rotatable bonds is 4. The van der Waals surface area contributed by atoms with Gasteiger partial charge < -0.3 is 14.5 Å². The van der Waals surface area contributed by atoms with Crippen LogP contribution < -0.4 is 16.0 Å². The van der Waals surface area contributed by atoms with Crippen LogP contribution in [-0.2, 0) is 4.74 Å². The fourth-order valence-electron chi connectivity index (χ4n) is 4.06. The SMILES string of the molecule is N#Cc1nn(-c2cc(Cl)c(Oc3ccc4[nH]cc(C5CCOCC5)c4c3)c(Cl)c2)c(=O)[nH]c1=O. The Labute approximate surface area is 202 Å². The maximum atomic E-state index is 12.2. The number of nitriles is 1. The lowest BCUT2D eigenvalue weighted by Crippen LogP contribution is -2.33. The van der Waals surface area contributed by atoms with Crippen LogP contribution in [0.4, 0.5) is 0 Å². The topological polar surface area (TPSA) is 126 Å². The first kappa shape index (κ1) is 22.2. The van der Waals surface area contributed by atoms with E-state index in [-0.39, 0.29) is 21.5 Å². The highest BCUT2D eigenvalue weighted by atomic mass is 35.5. The highest BCUT2D eigenvalue weighted by molar-refractivity contribution is 6.37. The minimum atomic E-state index is -0.874. The summed E-state index contributed by atoms with van der Waals surface area (Å²) >= 11 is 12.9. The van der Waals surface area contributed by atoms with Gasteiger partial charge in [-0.3, -0.25) is 9.78 Å². The van der Waals surface area contributed by atoms with Crippen molar-refractivity contribution >= 4 is 34.1 Å². The van der Waals surface area contributed by atoms with Crippen LogP contribution in [0.1, 0.15) is 30.0 Å². The number of nitrogens with one attached hydrogen (secondary N) is 2. The molecule has 1 aliphatic rings. The summed E-state index contributed by atoms with van der Waals surface area (Å²) in [5.41, 5.74) is 0.214. The third-order valence-corrected chi connectivity index (χ3v) is 6.29. The summed E-state index contributed by atoms with van der Waals surface area (Å²) in [5, 5.41) is 14.1. The van der Waals surface area contributed by atoms with E-state index in [1.807, 2.05) is 23.3 Å². The van der Waals surface area contributed by atoms with Crippen LogP contribution >= 0.6 is 23.2 Å². The molecule has 3 heterocycles. The van der Waals surface area contributed by atoms with Crippen molar-refractivity contribution in [2.24, 2.45) is 0 Å². The molecule has 2 aromatic heterocycles. The summed E-state index contributed by atoms with van der Waals surface area (Å²) < 4.78 is 12.3. The summed E-state index contributed by atoms with van der Waals surface area (Å²) in [6.07, 6.45) is 3.95. The molecule has 172 valence electrons. The van der Waals surface area contributed by atoms with Crippen LogP contribution in [0.3, 0.4) is 0 Å². The molecule has 0 aliphatic carbocycles. The van der Waals surface area contributed by atoms with E-state index >= 15 is 0 Å². The zero-order chi connectivity index (χ0) is 23.8. The Morgan fingerprint density at radius 1 is 1.15 bits per heavy atom. The summed E-state index contributed by atoms with van der Waals surface area (Å²) in [5.74, 6) is 1.15. The van der Waals surface area contributed by atoms with Crippen LogP contribution in [0.25, 0.3) is 16.6 Å². The zero-order valence-corrected chi connectivity index (χ0v) is 19.1. The van der Waals surface area contributed by atoms with E-state index in [0.29, 0.717) is 11.7 Å². The molecule has 0 amide bonds. The van der Waals surface area contributed by atoms with Gasteiger partial charge in [-0.2, -0.15) is 9.94 Å². The monoisotopic (exact) mass is 497 g/mol. The molecule has 1 aliphatic heterocycles. The molecule has 2 N–H and O–H groups in total. The van der Waals surface area contributed by atoms with E-state index in [4.69, 9.17) is 37.9 Å². The maximum Gasteiger partial charge on any atom is 0.349 e. The Hall–Kier alpha value is -3.58. The van der Waals surface area contributed by atoms with E-state index in [2.05, 4.69) is 10.1 Å². The fraction of sp³-hybridized carbons (Fsp3) is 0.217. The first-order chi connectivity index (χ1) is 16.4. The second kappa shape index (κ2) is 8.99. The van der Waals surface area contributed by atoms with E-state index in [1.54, 1.807) is 12.1 Å². The van der Waals surface area contributed by atoms with Crippen LogP contribution in [0.5, 0.6) is 11.5 Å². The molecule has 0 unspecified atom stereocenters. The molecule has 34 heavy (non-hydrogen) atoms. The molecule has 2 aromatic carbocycles. The summed E-state index contributed by atoms with van der Waals surface area (Å²) in [4.78, 5) is 29.1. The van der Waals surface area contributed by atoms with Gasteiger partial charge in [-0.15, -0.1) is 5.10 Å². The van der Waals surface area contributed by atoms with Crippen molar-refractivity contribution in [3.05, 3.63) is 78.7 Å². The lowest BCUT2D eigenvalue weighted by molar-refractivity contribution is 0.0856. The number of benzene rings is 2. The lowest BCUT2D eigenvalue weighted by atomic mass is 9.91. The lowest BCUT2D eigenvalue weighted by Gasteiger charge is -2.21. The van der Waals surface area contributed by atoms with Crippen molar-refractivity contribution < 1.29 is 9.47 Å². The Balaban J connectivity index is 1.49. The molecular formula is C23H17Cl2N5O4. The van der Waals surface area contributed by atoms with Gasteiger partial charge in [-0.25, -0.2) is 4.79 Å². The number of aromatic nitrogens is 4. The van der Waals surface area contributed by atoms with E-state index in [1.165, 1.54) is 17.7 Å². The Morgan fingerprint density at radius 2 is 1.88 bits per heavy atom. The van der Waals surface area contributed by atoms with Crippen molar-refractivity contribution in [1.82, 2.24) is 19.7 Å². The molecule has 0 radical (unpaired) electrons. The van der Waals surface area contributed by atoms with Gasteiger partial charge >= 0.3 is 5.69 Å². The van der Waals surface area contributed by atoms with E-state index < -0.39 is 16.9 Å². The number of H-pyrrole nitrogens is 2. The average molecular weight is 498 g/mol. The van der Waals surface area contributed by atoms with Gasteiger partial charge in [-0.1, -0.05) is 23.2 Å². The second-order valence-corrected chi connectivity index (χ2v) is 8.62. The Kier molecular flexibility index (Phi) is 5.87. The largest absolute Gasteiger partial charge is 0.454 e. The molecule has 0 bridgehead atoms. The third-order valence-electron chi connectivity index (χ3n) is 5.73. The average Bonchev–Trinajstić information content (AvgIpc) is 3.25. The number of halogens is 2. The standard InChI is InChI=1S/C23H17Cl2N5O4/c24-17-7-13(30-23(32)28-22(31)20(10-26)29-30)8-18(25)21(17)34-14-1-2-19-15(9-14)16(11-27-19)12-3-5-33-6-4-12/h1-2,7-9,11-12,27H,3-6H2,(H,28,31,32). The van der Waals surface area contributed by atoms with Gasteiger partial charge in [0.1, 0.15) is 11.8 Å². The molecule has 11 heteroatoms. The van der Waals surface area contributed by atoms with Crippen molar-refractivity contribution in [2.45, 2.75) is 18.8 Å². The second-order valence-electron chi connectivity index (χ2n) is 7.81. The smallest absolute Gasteiger partial charge is 0.349 e. The number of hydrogen-bond donors (Lipinski definition) is 2. The normalized spacial score (nSPS) is 14.3. The van der Waals surface area contributed by atoms with Crippen LogP contribution in [0, 0.1) is 11.3 Å². The van der Waals surface area contributed by atoms with Gasteiger partial charge in [0.15, 0.2) is 5.75 Å². The van der Waals surface area contributed by atoms with Gasteiger partial charge in [0, 0.05) is 30.3 Å². The molecular weight excluding hydrogens is 481 g/mol. The van der Waals surface area contributed by atoms with Crippen molar-refractivity contribution in [1.29, 1.82) is 5.26 Å². The van der Waals surface area contributed by atoms with Crippen LogP contribution in [-0.4, -0.2) is 33.0 Å². The minimum Gasteiger partial charge on any atom is -0.454 e. The third kappa shape index (κ3) is 4.07. The highest BCUT2D eigenvalue weighted by Gasteiger charge is 2.20. The summed E-state index contributed by atoms with van der Waals surface area (Å²) in [6.45, 7) is 1.49. The summed E-state index contributed by atoms with van der Waals surface area (Å²) in [6, 6.07) is 10.1. The molecule has 1 saturated heterocycles. The minimum absolute atomic E-state index is 0.125. The molecule has 0 saturated carbocycles. The van der Waals surface area contributed by atoms with Gasteiger partial charge in [0.25, 0.3) is 5.56 Å². The maximum absolute atomic E-state index is 12.2. The molecule has 5 rings (SSSR count). The van der Waals surface area contributed by atoms with Gasteiger partial charge in [0.2, 0.25) is 5.69 Å². The van der Waals surface area contributed by atoms with E-state index in [0.717, 1.165) is 41.6 Å². The first-order valence-electron chi connectivity index (χ1n) is 10.4. The zero-order valence-electron chi connectivity index (χ0n) is 17.6. The number of nitrogens with zero attached hydrogens (tertiary/aromatic N) is 3. The van der Waals surface area contributed by atoms with Gasteiger partial charge in [-0.05, 0) is 54.7 Å². The van der Waals surface area contributed by atoms with Crippen LogP contribution in [0.15, 0.2) is 46.1 Å². The summed E-state index contributed by atoms with van der Waals surface area (Å²) in [7, 11) is 0. The number of aromatic amines is 2. The van der Waals surface area contributed by atoms with Crippen molar-refractivity contribution in [3.8, 4) is 23.3 Å². The quantitative estimate of drug-likeness (QED) is 0.433. The van der Waals surface area contributed by atoms with Gasteiger partial charge in [0.05, 0.1) is 15.7 Å². The Morgan fingerprint density at radius 3 is 2.59 bits per heavy atom. The van der Waals surface area contributed by atoms with Crippen molar-refractivity contribution in [2.75, 3.05) is 13.2 Å². The first-order valence-corrected chi connectivity index (χ1v) is 11.2. The molecule has 9 nitrogen and oxygen atoms in total. The number of fused-ring (bicyclic) bond motifs is 1. The molecule has 0 atom stereocenters. The fourth-order valence-corrected chi connectivity index (χ4v) is 4.62. The molecule has 1 fully saturated rings. The van der Waals surface area contributed by atoms with Crippen LogP contribution in [0.2, 0.25) is 10.0 Å². The number of ether oxygens (including phenoxy) is 2. The highest BCUT2D eigenvalue weighted by Crippen LogP contribution is 2.40. The number of hydrogen-bond acceptors (Lipinski definition) is 6. The predicted molar refractivity (Wildman–Crippen MR) is 126 cm³/mol. The van der Waals surface area contributed by atoms with Crippen molar-refractivity contribution in [3.63, 3.8) is 0 Å². The molecule has 4 aromatic rings. The van der Waals surface area contributed by atoms with E-state index in [9.17, 15) is 9.59 Å².